The average Bonchev–Trinajstić information content (AvgIpc) is 3.34. The fourth-order valence-corrected chi connectivity index (χ4v) is 5.34. The van der Waals surface area contributed by atoms with Gasteiger partial charge in [-0.3, -0.25) is 19.6 Å². The molecular formula is C19H17F5N4O6PS2+. The quantitative estimate of drug-likeness (QED) is 0.233. The predicted molar refractivity (Wildman–Crippen MR) is 121 cm³/mol. The number of alkyl halides is 3. The number of aromatic nitrogens is 1. The van der Waals surface area contributed by atoms with E-state index in [1.54, 1.807) is 7.05 Å². The topological polar surface area (TPSA) is 158 Å². The lowest BCUT2D eigenvalue weighted by Crippen LogP contribution is -2.57. The van der Waals surface area contributed by atoms with Crippen LogP contribution in [0.2, 0.25) is 0 Å². The zero-order valence-corrected chi connectivity index (χ0v) is 21.0. The van der Waals surface area contributed by atoms with Crippen LogP contribution in [0.4, 0.5) is 27.0 Å². The van der Waals surface area contributed by atoms with E-state index in [-0.39, 0.29) is 15.9 Å². The van der Waals surface area contributed by atoms with Gasteiger partial charge in [-0.05, 0) is 23.1 Å². The van der Waals surface area contributed by atoms with Crippen molar-refractivity contribution in [2.24, 2.45) is 4.99 Å². The molecule has 0 saturated carbocycles. The normalized spacial score (nSPS) is 12.7. The Morgan fingerprint density at radius 1 is 1.22 bits per heavy atom. The number of phosphoric acid groups is 1. The van der Waals surface area contributed by atoms with Crippen molar-refractivity contribution in [3.05, 3.63) is 56.0 Å². The van der Waals surface area contributed by atoms with E-state index in [0.29, 0.717) is 28.5 Å². The molecule has 2 aromatic heterocycles. The fraction of sp³-hybridized carbons (Fsp3) is 0.211. The van der Waals surface area contributed by atoms with E-state index in [4.69, 9.17) is 9.79 Å². The first-order valence-electron chi connectivity index (χ1n) is 9.80. The smallest absolute Gasteiger partial charge is 0.379 e. The second-order valence-electron chi connectivity index (χ2n) is 7.18. The number of carbonyl (C=O) groups is 2. The number of thiazole rings is 1. The standard InChI is InChI=1S/C19H16F5N4O6PS2/c1-26-17-13(16(25)30)8(5-36-17)4-12(29)27-18-28(7-34-35(31,32)33)11(6-37-18)9-2-3-10(20)14(15(9)21)19(22,23)24/h2-3,5-6,26H,4,7H2,1H3,(H2,25,30)(H2,31,32,33)/p+1. The second kappa shape index (κ2) is 10.9. The van der Waals surface area contributed by atoms with Gasteiger partial charge in [0, 0.05) is 18.0 Å². The lowest BCUT2D eigenvalue weighted by atomic mass is 10.1. The van der Waals surface area contributed by atoms with Crippen LogP contribution in [0.5, 0.6) is 0 Å². The largest absolute Gasteiger partial charge is 0.471 e. The Hall–Kier alpha value is -2.79. The van der Waals surface area contributed by atoms with Crippen molar-refractivity contribution in [1.29, 1.82) is 0 Å². The summed E-state index contributed by atoms with van der Waals surface area (Å²) < 4.78 is 84.5. The Labute approximate surface area is 212 Å². The van der Waals surface area contributed by atoms with Crippen LogP contribution in [0.25, 0.3) is 11.3 Å². The zero-order valence-electron chi connectivity index (χ0n) is 18.5. The first-order chi connectivity index (χ1) is 17.1. The highest BCUT2D eigenvalue weighted by Crippen LogP contribution is 2.39. The van der Waals surface area contributed by atoms with E-state index < -0.39 is 67.4 Å². The van der Waals surface area contributed by atoms with Crippen LogP contribution in [0, 0.1) is 11.6 Å². The molecule has 0 atom stereocenters. The number of rotatable bonds is 8. The van der Waals surface area contributed by atoms with E-state index in [1.165, 1.54) is 5.38 Å². The molecule has 0 radical (unpaired) electrons. The number of quaternary nitrogens is 1. The Morgan fingerprint density at radius 2 is 1.89 bits per heavy atom. The second-order valence-corrected chi connectivity index (χ2v) is 10.1. The van der Waals surface area contributed by atoms with E-state index >= 15 is 0 Å². The van der Waals surface area contributed by atoms with Crippen molar-refractivity contribution in [1.82, 2.24) is 4.57 Å². The van der Waals surface area contributed by atoms with E-state index in [1.807, 2.05) is 0 Å². The number of thiophene rings is 1. The molecule has 0 spiro atoms. The third kappa shape index (κ3) is 6.56. The summed E-state index contributed by atoms with van der Waals surface area (Å²) in [6.45, 7) is -1.04. The first-order valence-corrected chi connectivity index (χ1v) is 13.1. The van der Waals surface area contributed by atoms with Gasteiger partial charge < -0.3 is 15.1 Å². The number of hydrogen-bond acceptors (Lipinski definition) is 7. The molecular weight excluding hydrogens is 570 g/mol. The molecule has 3 rings (SSSR count). The van der Waals surface area contributed by atoms with Gasteiger partial charge >= 0.3 is 19.9 Å². The monoisotopic (exact) mass is 587 g/mol. The number of halogens is 5. The summed E-state index contributed by atoms with van der Waals surface area (Å²) in [4.78, 5) is 46.1. The van der Waals surface area contributed by atoms with Gasteiger partial charge in [0.1, 0.15) is 34.5 Å². The number of amides is 2. The SMILES string of the molecule is CNc1scc(CC(=O)N=c2scc(-c3ccc(F)c(C(F)(F)F)c3F)n2COP(=O)(O)O)c1C([NH3+])=O. The van der Waals surface area contributed by atoms with Gasteiger partial charge in [0.15, 0.2) is 4.80 Å². The number of benzene rings is 1. The van der Waals surface area contributed by atoms with Crippen molar-refractivity contribution in [3.8, 4) is 11.3 Å². The Morgan fingerprint density at radius 3 is 2.46 bits per heavy atom. The van der Waals surface area contributed by atoms with Gasteiger partial charge in [0.2, 0.25) is 0 Å². The van der Waals surface area contributed by atoms with E-state index in [0.717, 1.165) is 21.3 Å². The minimum Gasteiger partial charge on any atom is -0.379 e. The Balaban J connectivity index is 2.11. The molecule has 200 valence electrons. The lowest BCUT2D eigenvalue weighted by molar-refractivity contribution is -0.254. The summed E-state index contributed by atoms with van der Waals surface area (Å²) >= 11 is 1.75. The molecule has 0 fully saturated rings. The molecule has 10 nitrogen and oxygen atoms in total. The molecule has 0 aliphatic rings. The Bertz CT molecular complexity index is 1480. The van der Waals surface area contributed by atoms with Crippen LogP contribution in [0.15, 0.2) is 27.9 Å². The minimum atomic E-state index is -5.38. The molecule has 2 heterocycles. The van der Waals surface area contributed by atoms with Gasteiger partial charge in [0.05, 0.1) is 12.1 Å². The molecule has 6 N–H and O–H groups in total. The van der Waals surface area contributed by atoms with Gasteiger partial charge in [-0.1, -0.05) is 0 Å². The highest BCUT2D eigenvalue weighted by molar-refractivity contribution is 7.46. The maximum absolute atomic E-state index is 14.8. The molecule has 3 aromatic rings. The van der Waals surface area contributed by atoms with Crippen LogP contribution in [0.1, 0.15) is 21.5 Å². The third-order valence-electron chi connectivity index (χ3n) is 4.74. The number of hydrogen-bond donors (Lipinski definition) is 4. The van der Waals surface area contributed by atoms with E-state index in [9.17, 15) is 36.1 Å². The zero-order chi connectivity index (χ0) is 27.7. The highest BCUT2D eigenvalue weighted by Gasteiger charge is 2.39. The third-order valence-corrected chi connectivity index (χ3v) is 7.10. The molecule has 1 aromatic carbocycles. The predicted octanol–water partition coefficient (Wildman–Crippen LogP) is 2.74. The number of nitrogens with zero attached hydrogens (tertiary/aromatic N) is 2. The summed E-state index contributed by atoms with van der Waals surface area (Å²) in [5.41, 5.74) is 0.405. The molecule has 37 heavy (non-hydrogen) atoms. The molecule has 0 aliphatic heterocycles. The summed E-state index contributed by atoms with van der Waals surface area (Å²) in [5.74, 6) is -5.26. The van der Waals surface area contributed by atoms with Crippen LogP contribution in [0.3, 0.4) is 0 Å². The van der Waals surface area contributed by atoms with Crippen molar-refractivity contribution in [2.45, 2.75) is 19.3 Å². The number of carbonyl (C=O) groups excluding carboxylic acids is 2. The fourth-order valence-electron chi connectivity index (χ4n) is 3.22. The number of nitrogens with one attached hydrogen (secondary N) is 1. The molecule has 0 bridgehead atoms. The lowest BCUT2D eigenvalue weighted by Gasteiger charge is -2.14. The van der Waals surface area contributed by atoms with E-state index in [2.05, 4.69) is 20.6 Å². The maximum Gasteiger partial charge on any atom is 0.471 e. The van der Waals surface area contributed by atoms with Crippen molar-refractivity contribution < 1.29 is 56.2 Å². The Kier molecular flexibility index (Phi) is 8.48. The van der Waals surface area contributed by atoms with Crippen molar-refractivity contribution in [2.75, 3.05) is 12.4 Å². The molecule has 0 aliphatic carbocycles. The summed E-state index contributed by atoms with van der Waals surface area (Å²) in [6.07, 6.45) is -5.78. The van der Waals surface area contributed by atoms with Crippen LogP contribution in [-0.2, 0) is 33.2 Å². The minimum absolute atomic E-state index is 0.161. The van der Waals surface area contributed by atoms with Crippen molar-refractivity contribution >= 4 is 47.3 Å². The molecule has 0 unspecified atom stereocenters. The van der Waals surface area contributed by atoms with Crippen LogP contribution in [-0.4, -0.2) is 33.2 Å². The molecule has 2 amide bonds. The van der Waals surface area contributed by atoms with Crippen LogP contribution >= 0.6 is 30.5 Å². The first kappa shape index (κ1) is 28.8. The van der Waals surface area contributed by atoms with Crippen LogP contribution < -0.4 is 15.9 Å². The maximum atomic E-state index is 14.8. The van der Waals surface area contributed by atoms with Gasteiger partial charge in [-0.15, -0.1) is 22.7 Å². The number of anilines is 1. The molecule has 0 saturated heterocycles. The summed E-state index contributed by atoms with van der Waals surface area (Å²) in [7, 11) is -3.57. The summed E-state index contributed by atoms with van der Waals surface area (Å²) in [5, 5.41) is 5.82. The molecule has 18 heteroatoms. The average molecular weight is 587 g/mol. The van der Waals surface area contributed by atoms with Gasteiger partial charge in [-0.25, -0.2) is 18.1 Å². The number of phosphoric ester groups is 1. The van der Waals surface area contributed by atoms with Crippen molar-refractivity contribution in [3.63, 3.8) is 0 Å². The van der Waals surface area contributed by atoms with Gasteiger partial charge in [0.25, 0.3) is 5.91 Å². The van der Waals surface area contributed by atoms with Gasteiger partial charge in [-0.2, -0.15) is 18.2 Å². The highest BCUT2D eigenvalue weighted by atomic mass is 32.1. The summed E-state index contributed by atoms with van der Waals surface area (Å²) in [6, 6.07) is 1.07.